The molecule has 0 bridgehead atoms. The van der Waals surface area contributed by atoms with Crippen LogP contribution in [0.15, 0.2) is 0 Å². The van der Waals surface area contributed by atoms with E-state index in [0.717, 1.165) is 19.3 Å². The van der Waals surface area contributed by atoms with Gasteiger partial charge >= 0.3 is 0 Å². The molecule has 1 heterocycles. The standard InChI is InChI=1S/C10H21NO.CH4/c1-3-10-5-7-11(8-6-10)9-12-4-2;/h10H,3-9H2,1-2H3;1H4. The van der Waals surface area contributed by atoms with Crippen molar-refractivity contribution in [2.24, 2.45) is 5.92 Å². The number of piperidine rings is 1. The van der Waals surface area contributed by atoms with Crippen LogP contribution >= 0.6 is 0 Å². The van der Waals surface area contributed by atoms with Crippen LogP contribution in [0.4, 0.5) is 0 Å². The second-order valence-corrected chi connectivity index (χ2v) is 3.59. The lowest BCUT2D eigenvalue weighted by molar-refractivity contribution is 0.0163. The summed E-state index contributed by atoms with van der Waals surface area (Å²) >= 11 is 0. The Kier molecular flexibility index (Phi) is 7.29. The van der Waals surface area contributed by atoms with Gasteiger partial charge in [-0.3, -0.25) is 4.90 Å². The first-order valence-corrected chi connectivity index (χ1v) is 5.16. The highest BCUT2D eigenvalue weighted by Crippen LogP contribution is 2.19. The summed E-state index contributed by atoms with van der Waals surface area (Å²) in [4.78, 5) is 2.41. The SMILES string of the molecule is C.CCOCN1CCC(CC)CC1. The van der Waals surface area contributed by atoms with E-state index in [0.29, 0.717) is 0 Å². The molecule has 2 nitrogen and oxygen atoms in total. The van der Waals surface area contributed by atoms with Gasteiger partial charge in [-0.05, 0) is 25.7 Å². The lowest BCUT2D eigenvalue weighted by Crippen LogP contribution is -2.35. The van der Waals surface area contributed by atoms with Crippen molar-refractivity contribution in [3.63, 3.8) is 0 Å². The van der Waals surface area contributed by atoms with Crippen LogP contribution in [0.3, 0.4) is 0 Å². The van der Waals surface area contributed by atoms with Crippen LogP contribution in [-0.2, 0) is 4.74 Å². The van der Waals surface area contributed by atoms with E-state index in [-0.39, 0.29) is 7.43 Å². The molecule has 0 aromatic rings. The molecular formula is C11H25NO. The molecule has 0 spiro atoms. The highest BCUT2D eigenvalue weighted by Gasteiger charge is 2.16. The predicted octanol–water partition coefficient (Wildman–Crippen LogP) is 2.74. The number of likely N-dealkylation sites (tertiary alicyclic amines) is 1. The molecular weight excluding hydrogens is 162 g/mol. The summed E-state index contributed by atoms with van der Waals surface area (Å²) in [5, 5.41) is 0. The Labute approximate surface area is 83.3 Å². The van der Waals surface area contributed by atoms with Crippen molar-refractivity contribution in [3.05, 3.63) is 0 Å². The quantitative estimate of drug-likeness (QED) is 0.671. The molecule has 2 heteroatoms. The van der Waals surface area contributed by atoms with Gasteiger partial charge in [0.25, 0.3) is 0 Å². The summed E-state index contributed by atoms with van der Waals surface area (Å²) in [6, 6.07) is 0. The van der Waals surface area contributed by atoms with E-state index in [1.807, 2.05) is 0 Å². The number of ether oxygens (including phenoxy) is 1. The van der Waals surface area contributed by atoms with E-state index in [2.05, 4.69) is 18.7 Å². The summed E-state index contributed by atoms with van der Waals surface area (Å²) in [6.45, 7) is 8.50. The third-order valence-corrected chi connectivity index (χ3v) is 2.76. The van der Waals surface area contributed by atoms with Gasteiger partial charge in [0.2, 0.25) is 0 Å². The van der Waals surface area contributed by atoms with Crippen molar-refractivity contribution in [1.82, 2.24) is 4.90 Å². The molecule has 0 saturated carbocycles. The maximum absolute atomic E-state index is 5.37. The average Bonchev–Trinajstić information content (AvgIpc) is 2.15. The minimum absolute atomic E-state index is 0. The topological polar surface area (TPSA) is 12.5 Å². The maximum atomic E-state index is 5.37. The second-order valence-electron chi connectivity index (χ2n) is 3.59. The van der Waals surface area contributed by atoms with E-state index in [9.17, 15) is 0 Å². The fourth-order valence-electron chi connectivity index (χ4n) is 1.74. The Morgan fingerprint density at radius 3 is 2.31 bits per heavy atom. The Morgan fingerprint density at radius 1 is 1.23 bits per heavy atom. The third-order valence-electron chi connectivity index (χ3n) is 2.76. The molecule has 0 amide bonds. The minimum Gasteiger partial charge on any atom is -0.366 e. The monoisotopic (exact) mass is 187 g/mol. The molecule has 0 aromatic heterocycles. The van der Waals surface area contributed by atoms with Gasteiger partial charge in [-0.1, -0.05) is 20.8 Å². The van der Waals surface area contributed by atoms with Gasteiger partial charge in [-0.2, -0.15) is 0 Å². The molecule has 1 fully saturated rings. The smallest absolute Gasteiger partial charge is 0.0990 e. The summed E-state index contributed by atoms with van der Waals surface area (Å²) in [5.74, 6) is 0.975. The molecule has 0 aromatic carbocycles. The highest BCUT2D eigenvalue weighted by molar-refractivity contribution is 4.69. The van der Waals surface area contributed by atoms with E-state index in [4.69, 9.17) is 4.74 Å². The van der Waals surface area contributed by atoms with Gasteiger partial charge in [0, 0.05) is 19.7 Å². The number of hydrogen-bond acceptors (Lipinski definition) is 2. The molecule has 1 aliphatic rings. The van der Waals surface area contributed by atoms with E-state index in [1.165, 1.54) is 32.4 Å². The van der Waals surface area contributed by atoms with Crippen LogP contribution in [-0.4, -0.2) is 31.3 Å². The van der Waals surface area contributed by atoms with Gasteiger partial charge in [0.05, 0.1) is 6.73 Å². The third kappa shape index (κ3) is 4.63. The van der Waals surface area contributed by atoms with Crippen LogP contribution < -0.4 is 0 Å². The van der Waals surface area contributed by atoms with E-state index < -0.39 is 0 Å². The Bertz CT molecular complexity index is 109. The molecule has 1 rings (SSSR count). The number of nitrogens with zero attached hydrogens (tertiary/aromatic N) is 1. The molecule has 0 aliphatic carbocycles. The number of hydrogen-bond donors (Lipinski definition) is 0. The molecule has 13 heavy (non-hydrogen) atoms. The summed E-state index contributed by atoms with van der Waals surface area (Å²) in [5.41, 5.74) is 0. The predicted molar refractivity (Wildman–Crippen MR) is 57.8 cm³/mol. The van der Waals surface area contributed by atoms with Gasteiger partial charge in [0.15, 0.2) is 0 Å². The van der Waals surface area contributed by atoms with Crippen molar-refractivity contribution in [2.45, 2.75) is 40.5 Å². The molecule has 0 unspecified atom stereocenters. The van der Waals surface area contributed by atoms with Crippen molar-refractivity contribution >= 4 is 0 Å². The summed E-state index contributed by atoms with van der Waals surface area (Å²) in [6.07, 6.45) is 4.08. The first-order valence-electron chi connectivity index (χ1n) is 5.16. The molecule has 1 aliphatic heterocycles. The van der Waals surface area contributed by atoms with Gasteiger partial charge in [0.1, 0.15) is 0 Å². The molecule has 0 N–H and O–H groups in total. The maximum Gasteiger partial charge on any atom is 0.0990 e. The van der Waals surface area contributed by atoms with Gasteiger partial charge in [-0.15, -0.1) is 0 Å². The van der Waals surface area contributed by atoms with Crippen LogP contribution in [0, 0.1) is 5.92 Å². The van der Waals surface area contributed by atoms with E-state index in [1.54, 1.807) is 0 Å². The lowest BCUT2D eigenvalue weighted by atomic mass is 9.95. The Balaban J connectivity index is 0.00000144. The van der Waals surface area contributed by atoms with Gasteiger partial charge < -0.3 is 4.74 Å². The molecule has 0 radical (unpaired) electrons. The van der Waals surface area contributed by atoms with Crippen LogP contribution in [0.5, 0.6) is 0 Å². The zero-order valence-electron chi connectivity index (χ0n) is 8.38. The Morgan fingerprint density at radius 2 is 1.85 bits per heavy atom. The molecule has 1 saturated heterocycles. The van der Waals surface area contributed by atoms with Crippen molar-refractivity contribution in [2.75, 3.05) is 26.4 Å². The minimum atomic E-state index is 0. The normalized spacial score (nSPS) is 19.8. The van der Waals surface area contributed by atoms with Gasteiger partial charge in [-0.25, -0.2) is 0 Å². The largest absolute Gasteiger partial charge is 0.366 e. The molecule has 80 valence electrons. The molecule has 0 atom stereocenters. The fourth-order valence-corrected chi connectivity index (χ4v) is 1.74. The average molecular weight is 187 g/mol. The van der Waals surface area contributed by atoms with Crippen LogP contribution in [0.1, 0.15) is 40.5 Å². The first kappa shape index (κ1) is 12.9. The Hall–Kier alpha value is -0.0800. The first-order chi connectivity index (χ1) is 5.86. The van der Waals surface area contributed by atoms with Crippen molar-refractivity contribution in [3.8, 4) is 0 Å². The van der Waals surface area contributed by atoms with Crippen LogP contribution in [0.25, 0.3) is 0 Å². The summed E-state index contributed by atoms with van der Waals surface area (Å²) in [7, 11) is 0. The zero-order chi connectivity index (χ0) is 8.81. The van der Waals surface area contributed by atoms with Crippen molar-refractivity contribution in [1.29, 1.82) is 0 Å². The fraction of sp³-hybridized carbons (Fsp3) is 1.00. The second kappa shape index (κ2) is 7.34. The highest BCUT2D eigenvalue weighted by atomic mass is 16.5. The summed E-state index contributed by atoms with van der Waals surface area (Å²) < 4.78 is 5.37. The lowest BCUT2D eigenvalue weighted by Gasteiger charge is -2.30. The number of rotatable bonds is 4. The zero-order valence-corrected chi connectivity index (χ0v) is 8.38. The van der Waals surface area contributed by atoms with E-state index >= 15 is 0 Å². The van der Waals surface area contributed by atoms with Crippen LogP contribution in [0.2, 0.25) is 0 Å². The van der Waals surface area contributed by atoms with Crippen molar-refractivity contribution < 1.29 is 4.74 Å².